The van der Waals surface area contributed by atoms with Crippen LogP contribution in [0.2, 0.25) is 5.02 Å². The van der Waals surface area contributed by atoms with E-state index in [4.69, 9.17) is 27.5 Å². The van der Waals surface area contributed by atoms with Crippen LogP contribution in [0.15, 0.2) is 40.9 Å². The first kappa shape index (κ1) is 13.8. The molecule has 0 aliphatic heterocycles. The molecule has 0 fully saturated rings. The van der Waals surface area contributed by atoms with Gasteiger partial charge in [-0.3, -0.25) is 5.41 Å². The van der Waals surface area contributed by atoms with E-state index in [1.165, 1.54) is 12.1 Å². The lowest BCUT2D eigenvalue weighted by Crippen LogP contribution is -2.10. The number of rotatable bonds is 3. The molecule has 0 atom stereocenters. The lowest BCUT2D eigenvalue weighted by atomic mass is 10.2. The van der Waals surface area contributed by atoms with Gasteiger partial charge in [0.1, 0.15) is 23.2 Å². The third kappa shape index (κ3) is 3.24. The fourth-order valence-corrected chi connectivity index (χ4v) is 2.00. The van der Waals surface area contributed by atoms with Crippen LogP contribution < -0.4 is 10.5 Å². The van der Waals surface area contributed by atoms with Crippen LogP contribution in [0.25, 0.3) is 0 Å². The van der Waals surface area contributed by atoms with Crippen LogP contribution in [0, 0.1) is 11.2 Å². The van der Waals surface area contributed by atoms with Crippen molar-refractivity contribution in [3.63, 3.8) is 0 Å². The minimum Gasteiger partial charge on any atom is -0.456 e. The van der Waals surface area contributed by atoms with Gasteiger partial charge in [0.15, 0.2) is 0 Å². The van der Waals surface area contributed by atoms with Gasteiger partial charge in [0, 0.05) is 11.6 Å². The van der Waals surface area contributed by atoms with Gasteiger partial charge in [0.25, 0.3) is 0 Å². The minimum atomic E-state index is -0.546. The normalized spacial score (nSPS) is 10.3. The number of hydrogen-bond acceptors (Lipinski definition) is 2. The van der Waals surface area contributed by atoms with Crippen molar-refractivity contribution in [2.75, 3.05) is 0 Å². The molecule has 19 heavy (non-hydrogen) atoms. The molecule has 3 nitrogen and oxygen atoms in total. The van der Waals surface area contributed by atoms with Gasteiger partial charge in [0.2, 0.25) is 0 Å². The minimum absolute atomic E-state index is 0.0372. The molecule has 0 radical (unpaired) electrons. The molecule has 2 aromatic rings. The number of amidine groups is 1. The Morgan fingerprint density at radius 1 is 1.26 bits per heavy atom. The topological polar surface area (TPSA) is 59.1 Å². The predicted molar refractivity (Wildman–Crippen MR) is 76.6 cm³/mol. The average Bonchev–Trinajstić information content (AvgIpc) is 2.36. The van der Waals surface area contributed by atoms with Crippen molar-refractivity contribution >= 4 is 33.4 Å². The van der Waals surface area contributed by atoms with Gasteiger partial charge in [-0.15, -0.1) is 0 Å². The van der Waals surface area contributed by atoms with Crippen molar-refractivity contribution in [3.8, 4) is 11.5 Å². The second-order valence-corrected chi connectivity index (χ2v) is 5.00. The van der Waals surface area contributed by atoms with E-state index in [0.29, 0.717) is 21.5 Å². The van der Waals surface area contributed by atoms with Crippen LogP contribution in [0.1, 0.15) is 5.56 Å². The molecule has 98 valence electrons. The highest BCUT2D eigenvalue weighted by molar-refractivity contribution is 9.10. The quantitative estimate of drug-likeness (QED) is 0.644. The smallest absolute Gasteiger partial charge is 0.145 e. The highest BCUT2D eigenvalue weighted by atomic mass is 79.9. The molecule has 0 spiro atoms. The largest absolute Gasteiger partial charge is 0.456 e. The first-order valence-corrected chi connectivity index (χ1v) is 6.41. The van der Waals surface area contributed by atoms with Gasteiger partial charge in [-0.1, -0.05) is 11.6 Å². The molecule has 2 rings (SSSR count). The van der Waals surface area contributed by atoms with Crippen molar-refractivity contribution in [1.29, 1.82) is 5.41 Å². The van der Waals surface area contributed by atoms with Crippen LogP contribution in [-0.4, -0.2) is 5.84 Å². The van der Waals surface area contributed by atoms with Crippen molar-refractivity contribution in [1.82, 2.24) is 0 Å². The third-order valence-corrected chi connectivity index (χ3v) is 3.29. The molecule has 2 aromatic carbocycles. The molecule has 3 N–H and O–H groups in total. The summed E-state index contributed by atoms with van der Waals surface area (Å²) in [6.45, 7) is 0. The Morgan fingerprint density at radius 3 is 2.58 bits per heavy atom. The van der Waals surface area contributed by atoms with E-state index >= 15 is 0 Å². The van der Waals surface area contributed by atoms with E-state index in [2.05, 4.69) is 15.9 Å². The fraction of sp³-hybridized carbons (Fsp3) is 0. The van der Waals surface area contributed by atoms with Crippen molar-refractivity contribution in [3.05, 3.63) is 57.3 Å². The van der Waals surface area contributed by atoms with E-state index in [-0.39, 0.29) is 10.9 Å². The lowest BCUT2D eigenvalue weighted by molar-refractivity contribution is 0.474. The highest BCUT2D eigenvalue weighted by Crippen LogP contribution is 2.31. The maximum Gasteiger partial charge on any atom is 0.145 e. The molecule has 0 saturated carbocycles. The molecule has 6 heteroatoms. The van der Waals surface area contributed by atoms with Gasteiger partial charge in [-0.05, 0) is 46.3 Å². The summed E-state index contributed by atoms with van der Waals surface area (Å²) in [5, 5.41) is 7.37. The zero-order valence-electron chi connectivity index (χ0n) is 9.58. The number of halogens is 3. The van der Waals surface area contributed by atoms with E-state index in [9.17, 15) is 4.39 Å². The van der Waals surface area contributed by atoms with Crippen LogP contribution >= 0.6 is 27.5 Å². The Balaban J connectivity index is 2.28. The summed E-state index contributed by atoms with van der Waals surface area (Å²) in [5.74, 6) is 0.241. The molecule has 0 bridgehead atoms. The first-order valence-electron chi connectivity index (χ1n) is 5.24. The van der Waals surface area contributed by atoms with Gasteiger partial charge < -0.3 is 10.5 Å². The van der Waals surface area contributed by atoms with Gasteiger partial charge in [0.05, 0.1) is 9.50 Å². The summed E-state index contributed by atoms with van der Waals surface area (Å²) in [4.78, 5) is 0. The standard InChI is InChI=1S/C13H9BrClFN2O/c14-9-5-7(13(17)18)1-4-12(9)19-8-2-3-10(15)11(16)6-8/h1-6H,(H3,17,18). The SMILES string of the molecule is N=C(N)c1ccc(Oc2ccc(Cl)c(F)c2)c(Br)c1. The van der Waals surface area contributed by atoms with E-state index in [1.807, 2.05) is 0 Å². The Morgan fingerprint density at radius 2 is 2.00 bits per heavy atom. The summed E-state index contributed by atoms with van der Waals surface area (Å²) in [5.41, 5.74) is 5.95. The predicted octanol–water partition coefficient (Wildman–Crippen LogP) is 4.32. The van der Waals surface area contributed by atoms with Crippen molar-refractivity contribution < 1.29 is 9.13 Å². The lowest BCUT2D eigenvalue weighted by Gasteiger charge is -2.09. The Labute approximate surface area is 122 Å². The molecule has 0 saturated heterocycles. The van der Waals surface area contributed by atoms with E-state index in [1.54, 1.807) is 24.3 Å². The van der Waals surface area contributed by atoms with Gasteiger partial charge in [-0.25, -0.2) is 4.39 Å². The molecule has 0 heterocycles. The van der Waals surface area contributed by atoms with E-state index in [0.717, 1.165) is 0 Å². The summed E-state index contributed by atoms with van der Waals surface area (Å²) < 4.78 is 19.4. The zero-order chi connectivity index (χ0) is 14.0. The summed E-state index contributed by atoms with van der Waals surface area (Å²) in [6, 6.07) is 9.14. The maximum absolute atomic E-state index is 13.3. The van der Waals surface area contributed by atoms with Gasteiger partial charge >= 0.3 is 0 Å². The zero-order valence-corrected chi connectivity index (χ0v) is 11.9. The number of benzene rings is 2. The second kappa shape index (κ2) is 5.59. The summed E-state index contributed by atoms with van der Waals surface area (Å²) >= 11 is 8.90. The van der Waals surface area contributed by atoms with Gasteiger partial charge in [-0.2, -0.15) is 0 Å². The molecule has 0 aliphatic carbocycles. The Kier molecular flexibility index (Phi) is 4.07. The van der Waals surface area contributed by atoms with Crippen LogP contribution in [0.4, 0.5) is 4.39 Å². The maximum atomic E-state index is 13.3. The van der Waals surface area contributed by atoms with Crippen molar-refractivity contribution in [2.24, 2.45) is 5.73 Å². The monoisotopic (exact) mass is 342 g/mol. The molecular formula is C13H9BrClFN2O. The number of nitrogens with one attached hydrogen (secondary N) is 1. The van der Waals surface area contributed by atoms with E-state index < -0.39 is 5.82 Å². The second-order valence-electron chi connectivity index (χ2n) is 3.74. The molecule has 0 aliphatic rings. The third-order valence-electron chi connectivity index (χ3n) is 2.36. The number of ether oxygens (including phenoxy) is 1. The van der Waals surface area contributed by atoms with Crippen LogP contribution in [0.5, 0.6) is 11.5 Å². The fourth-order valence-electron chi connectivity index (χ4n) is 1.42. The highest BCUT2D eigenvalue weighted by Gasteiger charge is 2.07. The number of hydrogen-bond donors (Lipinski definition) is 2. The first-order chi connectivity index (χ1) is 8.97. The summed E-state index contributed by atoms with van der Waals surface area (Å²) in [6.07, 6.45) is 0. The molecule has 0 amide bonds. The number of nitrogen functional groups attached to an aromatic ring is 1. The number of nitrogens with two attached hydrogens (primary N) is 1. The molecule has 0 unspecified atom stereocenters. The Hall–Kier alpha value is -1.59. The summed E-state index contributed by atoms with van der Waals surface area (Å²) in [7, 11) is 0. The Bertz CT molecular complexity index is 649. The molecule has 0 aromatic heterocycles. The molecular weight excluding hydrogens is 335 g/mol. The van der Waals surface area contributed by atoms with Crippen molar-refractivity contribution in [2.45, 2.75) is 0 Å². The van der Waals surface area contributed by atoms with Crippen LogP contribution in [-0.2, 0) is 0 Å². The average molecular weight is 344 g/mol. The van der Waals surface area contributed by atoms with Crippen LogP contribution in [0.3, 0.4) is 0 Å².